The van der Waals surface area contributed by atoms with Crippen molar-refractivity contribution in [3.63, 3.8) is 0 Å². The van der Waals surface area contributed by atoms with Gasteiger partial charge in [0.25, 0.3) is 0 Å². The van der Waals surface area contributed by atoms with Crippen LogP contribution in [0.15, 0.2) is 12.1 Å². The summed E-state index contributed by atoms with van der Waals surface area (Å²) >= 11 is 0. The highest BCUT2D eigenvalue weighted by molar-refractivity contribution is 5.51. The first-order chi connectivity index (χ1) is 10.2. The van der Waals surface area contributed by atoms with E-state index in [9.17, 15) is 10.2 Å². The van der Waals surface area contributed by atoms with E-state index in [-0.39, 0.29) is 19.3 Å². The van der Waals surface area contributed by atoms with Crippen LogP contribution < -0.4 is 10.6 Å². The van der Waals surface area contributed by atoms with Crippen molar-refractivity contribution in [1.29, 1.82) is 0 Å². The Labute approximate surface area is 123 Å². The Hall–Kier alpha value is -1.70. The first-order valence-electron chi connectivity index (χ1n) is 7.30. The second kappa shape index (κ2) is 5.97. The fourth-order valence-corrected chi connectivity index (χ4v) is 2.69. The second-order valence-corrected chi connectivity index (χ2v) is 5.48. The predicted octanol–water partition coefficient (Wildman–Crippen LogP) is 0.227. The van der Waals surface area contributed by atoms with Crippen molar-refractivity contribution >= 4 is 11.5 Å². The molecule has 1 fully saturated rings. The quantitative estimate of drug-likeness (QED) is 0.630. The summed E-state index contributed by atoms with van der Waals surface area (Å²) in [7, 11) is 0. The summed E-state index contributed by atoms with van der Waals surface area (Å²) in [4.78, 5) is 4.49. The average molecular weight is 291 g/mol. The molecule has 0 amide bonds. The smallest absolute Gasteiger partial charge is 0.157 e. The third-order valence-corrected chi connectivity index (χ3v) is 3.78. The lowest BCUT2D eigenvalue weighted by Gasteiger charge is -2.16. The first kappa shape index (κ1) is 14.2. The Balaban J connectivity index is 1.98. The van der Waals surface area contributed by atoms with Crippen molar-refractivity contribution in [3.8, 4) is 0 Å². The normalized spacial score (nSPS) is 18.8. The summed E-state index contributed by atoms with van der Waals surface area (Å²) in [6.45, 7) is 2.65. The van der Waals surface area contributed by atoms with Crippen molar-refractivity contribution in [2.75, 3.05) is 25.1 Å². The van der Waals surface area contributed by atoms with Crippen molar-refractivity contribution < 1.29 is 10.2 Å². The van der Waals surface area contributed by atoms with Crippen molar-refractivity contribution in [1.82, 2.24) is 19.9 Å². The van der Waals surface area contributed by atoms with E-state index in [0.717, 1.165) is 42.2 Å². The van der Waals surface area contributed by atoms with Crippen LogP contribution in [-0.2, 0) is 0 Å². The molecule has 2 aromatic heterocycles. The van der Waals surface area contributed by atoms with Crippen LogP contribution in [0.5, 0.6) is 0 Å². The molecular formula is C14H21N5O2. The number of fused-ring (bicyclic) bond motifs is 1. The molecule has 21 heavy (non-hydrogen) atoms. The van der Waals surface area contributed by atoms with Gasteiger partial charge in [0, 0.05) is 17.8 Å². The third kappa shape index (κ3) is 2.85. The number of rotatable bonds is 5. The van der Waals surface area contributed by atoms with E-state index in [1.54, 1.807) is 4.52 Å². The van der Waals surface area contributed by atoms with Crippen LogP contribution in [0.4, 0.5) is 5.82 Å². The molecule has 4 N–H and O–H groups in total. The van der Waals surface area contributed by atoms with Crippen molar-refractivity contribution in [3.05, 3.63) is 23.5 Å². The maximum absolute atomic E-state index is 9.23. The van der Waals surface area contributed by atoms with E-state index in [2.05, 4.69) is 20.7 Å². The molecule has 1 atom stereocenters. The van der Waals surface area contributed by atoms with E-state index in [4.69, 9.17) is 0 Å². The number of aryl methyl sites for hydroxylation is 1. The minimum absolute atomic E-state index is 0.141. The molecule has 1 aliphatic heterocycles. The summed E-state index contributed by atoms with van der Waals surface area (Å²) in [5.74, 6) is 0.731. The number of aliphatic hydroxyl groups is 2. The topological polar surface area (TPSA) is 94.7 Å². The molecule has 0 spiro atoms. The molecule has 1 aliphatic rings. The molecule has 7 nitrogen and oxygen atoms in total. The van der Waals surface area contributed by atoms with Gasteiger partial charge in [0.05, 0.1) is 31.0 Å². The highest BCUT2D eigenvalue weighted by atomic mass is 16.3. The Morgan fingerprint density at radius 1 is 1.43 bits per heavy atom. The van der Waals surface area contributed by atoms with Crippen molar-refractivity contribution in [2.24, 2.45) is 0 Å². The zero-order valence-electron chi connectivity index (χ0n) is 12.1. The minimum atomic E-state index is -0.410. The third-order valence-electron chi connectivity index (χ3n) is 3.78. The molecule has 0 aliphatic carbocycles. The van der Waals surface area contributed by atoms with Crippen molar-refractivity contribution in [2.45, 2.75) is 31.8 Å². The number of nitrogens with one attached hydrogen (secondary N) is 2. The lowest BCUT2D eigenvalue weighted by molar-refractivity contribution is 0.203. The zero-order chi connectivity index (χ0) is 14.8. The SMILES string of the molecule is Cc1cc(NC(CO)CO)n2nc(C3CCCN3)cc2n1. The average Bonchev–Trinajstić information content (AvgIpc) is 3.12. The molecule has 1 unspecified atom stereocenters. The summed E-state index contributed by atoms with van der Waals surface area (Å²) in [6, 6.07) is 3.73. The standard InChI is InChI=1S/C14H21N5O2/c1-9-5-13(17-10(7-20)8-21)19-14(16-9)6-12(18-19)11-3-2-4-15-11/h5-6,10-11,15,17,20-21H,2-4,7-8H2,1H3. The van der Waals surface area contributed by atoms with Gasteiger partial charge in [0.1, 0.15) is 5.82 Å². The fourth-order valence-electron chi connectivity index (χ4n) is 2.69. The van der Waals surface area contributed by atoms with Crippen LogP contribution in [0.3, 0.4) is 0 Å². The van der Waals surface area contributed by atoms with Crippen LogP contribution in [0, 0.1) is 6.92 Å². The largest absolute Gasteiger partial charge is 0.394 e. The van der Waals surface area contributed by atoms with Gasteiger partial charge in [-0.2, -0.15) is 9.61 Å². The van der Waals surface area contributed by atoms with Crippen LogP contribution in [-0.4, -0.2) is 50.6 Å². The van der Waals surface area contributed by atoms with Gasteiger partial charge in [-0.05, 0) is 26.3 Å². The Morgan fingerprint density at radius 2 is 2.24 bits per heavy atom. The van der Waals surface area contributed by atoms with Gasteiger partial charge in [0.15, 0.2) is 5.65 Å². The molecule has 2 aromatic rings. The van der Waals surface area contributed by atoms with Gasteiger partial charge in [-0.1, -0.05) is 0 Å². The molecule has 0 bridgehead atoms. The van der Waals surface area contributed by atoms with Gasteiger partial charge in [0.2, 0.25) is 0 Å². The molecule has 114 valence electrons. The highest BCUT2D eigenvalue weighted by Gasteiger charge is 2.20. The predicted molar refractivity (Wildman–Crippen MR) is 79.3 cm³/mol. The zero-order valence-corrected chi connectivity index (χ0v) is 12.1. The van der Waals surface area contributed by atoms with E-state index >= 15 is 0 Å². The van der Waals surface area contributed by atoms with Gasteiger partial charge >= 0.3 is 0 Å². The molecular weight excluding hydrogens is 270 g/mol. The van der Waals surface area contributed by atoms with Gasteiger partial charge < -0.3 is 20.8 Å². The lowest BCUT2D eigenvalue weighted by Crippen LogP contribution is -2.29. The van der Waals surface area contributed by atoms with Gasteiger partial charge in [-0.25, -0.2) is 4.98 Å². The summed E-state index contributed by atoms with van der Waals surface area (Å²) in [5, 5.41) is 29.6. The molecule has 0 radical (unpaired) electrons. The first-order valence-corrected chi connectivity index (χ1v) is 7.30. The van der Waals surface area contributed by atoms with E-state index < -0.39 is 6.04 Å². The molecule has 7 heteroatoms. The Bertz CT molecular complexity index is 617. The van der Waals surface area contributed by atoms with E-state index in [1.807, 2.05) is 19.1 Å². The summed E-state index contributed by atoms with van der Waals surface area (Å²) < 4.78 is 1.74. The monoisotopic (exact) mass is 291 g/mol. The number of aliphatic hydroxyl groups excluding tert-OH is 2. The lowest BCUT2D eigenvalue weighted by atomic mass is 10.2. The van der Waals surface area contributed by atoms with Crippen LogP contribution in [0.1, 0.15) is 30.3 Å². The fraction of sp³-hybridized carbons (Fsp3) is 0.571. The minimum Gasteiger partial charge on any atom is -0.394 e. The number of anilines is 1. The maximum Gasteiger partial charge on any atom is 0.157 e. The van der Waals surface area contributed by atoms with Gasteiger partial charge in [-0.15, -0.1) is 0 Å². The number of nitrogens with zero attached hydrogens (tertiary/aromatic N) is 3. The summed E-state index contributed by atoms with van der Waals surface area (Å²) in [5.41, 5.74) is 2.62. The number of aromatic nitrogens is 3. The van der Waals surface area contributed by atoms with E-state index in [1.165, 1.54) is 0 Å². The Morgan fingerprint density at radius 3 is 2.90 bits per heavy atom. The summed E-state index contributed by atoms with van der Waals surface area (Å²) in [6.07, 6.45) is 2.24. The van der Waals surface area contributed by atoms with Crippen LogP contribution in [0.25, 0.3) is 5.65 Å². The molecule has 0 aromatic carbocycles. The van der Waals surface area contributed by atoms with Crippen LogP contribution >= 0.6 is 0 Å². The maximum atomic E-state index is 9.23. The molecule has 3 rings (SSSR count). The number of hydrogen-bond acceptors (Lipinski definition) is 6. The second-order valence-electron chi connectivity index (χ2n) is 5.48. The molecule has 1 saturated heterocycles. The molecule has 3 heterocycles. The molecule has 0 saturated carbocycles. The van der Waals surface area contributed by atoms with E-state index in [0.29, 0.717) is 0 Å². The number of hydrogen-bond donors (Lipinski definition) is 4. The Kier molecular flexibility index (Phi) is 4.05. The highest BCUT2D eigenvalue weighted by Crippen LogP contribution is 2.24. The van der Waals surface area contributed by atoms with Crippen LogP contribution in [0.2, 0.25) is 0 Å². The van der Waals surface area contributed by atoms with Gasteiger partial charge in [-0.3, -0.25) is 0 Å².